The third kappa shape index (κ3) is 2.05. The second-order valence-corrected chi connectivity index (χ2v) is 6.39. The van der Waals surface area contributed by atoms with E-state index in [2.05, 4.69) is 27.8 Å². The van der Waals surface area contributed by atoms with E-state index in [1.165, 1.54) is 30.5 Å². The molecule has 3 heterocycles. The summed E-state index contributed by atoms with van der Waals surface area (Å²) in [6.45, 7) is 5.88. The van der Waals surface area contributed by atoms with Crippen molar-refractivity contribution in [2.45, 2.75) is 31.8 Å². The van der Waals surface area contributed by atoms with E-state index in [4.69, 9.17) is 5.73 Å². The molecule has 0 spiro atoms. The first-order chi connectivity index (χ1) is 10.2. The maximum Gasteiger partial charge on any atom is 0.0466 e. The number of benzene rings is 1. The SMILES string of the molecule is CC1CN2CCCC2CN1c1ccc(N)c2ccncc12. The normalized spacial score (nSPS) is 26.2. The number of nitrogens with two attached hydrogens (primary N) is 1. The Balaban J connectivity index is 1.77. The second kappa shape index (κ2) is 4.88. The molecule has 110 valence electrons. The van der Waals surface area contributed by atoms with E-state index in [1.54, 1.807) is 0 Å². The summed E-state index contributed by atoms with van der Waals surface area (Å²) in [6, 6.07) is 7.47. The van der Waals surface area contributed by atoms with Crippen LogP contribution in [0.5, 0.6) is 0 Å². The number of fused-ring (bicyclic) bond motifs is 2. The molecule has 2 saturated heterocycles. The highest BCUT2D eigenvalue weighted by Crippen LogP contribution is 2.34. The highest BCUT2D eigenvalue weighted by atomic mass is 15.3. The molecule has 4 nitrogen and oxygen atoms in total. The van der Waals surface area contributed by atoms with Crippen LogP contribution in [0.1, 0.15) is 19.8 Å². The molecule has 21 heavy (non-hydrogen) atoms. The summed E-state index contributed by atoms with van der Waals surface area (Å²) < 4.78 is 0. The van der Waals surface area contributed by atoms with Crippen molar-refractivity contribution in [1.29, 1.82) is 0 Å². The Morgan fingerprint density at radius 3 is 3.00 bits per heavy atom. The summed E-state index contributed by atoms with van der Waals surface area (Å²) in [4.78, 5) is 9.51. The standard InChI is InChI=1S/C17H22N4/c1-12-10-20-8-2-3-13(20)11-21(12)17-5-4-16(18)14-6-7-19-9-15(14)17/h4-7,9,12-13H,2-3,8,10-11,18H2,1H3. The number of aromatic nitrogens is 1. The van der Waals surface area contributed by atoms with Gasteiger partial charge in [-0.1, -0.05) is 0 Å². The molecule has 2 aromatic rings. The van der Waals surface area contributed by atoms with Crippen LogP contribution in [0.25, 0.3) is 10.8 Å². The van der Waals surface area contributed by atoms with Crippen molar-refractivity contribution in [2.24, 2.45) is 0 Å². The van der Waals surface area contributed by atoms with Gasteiger partial charge < -0.3 is 10.6 Å². The van der Waals surface area contributed by atoms with E-state index in [-0.39, 0.29) is 0 Å². The van der Waals surface area contributed by atoms with Gasteiger partial charge in [0.15, 0.2) is 0 Å². The van der Waals surface area contributed by atoms with Gasteiger partial charge in [0.2, 0.25) is 0 Å². The largest absolute Gasteiger partial charge is 0.398 e. The maximum atomic E-state index is 6.12. The van der Waals surface area contributed by atoms with E-state index in [9.17, 15) is 0 Å². The first kappa shape index (κ1) is 12.9. The molecule has 4 heteroatoms. The number of pyridine rings is 1. The molecular weight excluding hydrogens is 260 g/mol. The summed E-state index contributed by atoms with van der Waals surface area (Å²) >= 11 is 0. The fraction of sp³-hybridized carbons (Fsp3) is 0.471. The molecule has 2 N–H and O–H groups in total. The van der Waals surface area contributed by atoms with E-state index in [0.717, 1.165) is 24.2 Å². The Labute approximate surface area is 125 Å². The Hall–Kier alpha value is -1.81. The topological polar surface area (TPSA) is 45.4 Å². The van der Waals surface area contributed by atoms with Crippen LogP contribution in [-0.2, 0) is 0 Å². The van der Waals surface area contributed by atoms with Crippen LogP contribution in [-0.4, -0.2) is 41.6 Å². The Kier molecular flexibility index (Phi) is 3.00. The molecule has 0 bridgehead atoms. The first-order valence-electron chi connectivity index (χ1n) is 7.87. The van der Waals surface area contributed by atoms with Crippen LogP contribution in [0.4, 0.5) is 11.4 Å². The zero-order valence-corrected chi connectivity index (χ0v) is 12.5. The Morgan fingerprint density at radius 2 is 2.10 bits per heavy atom. The third-order valence-electron chi connectivity index (χ3n) is 5.08. The molecule has 1 aromatic carbocycles. The molecule has 0 aliphatic carbocycles. The van der Waals surface area contributed by atoms with Gasteiger partial charge in [-0.3, -0.25) is 9.88 Å². The second-order valence-electron chi connectivity index (χ2n) is 6.39. The first-order valence-corrected chi connectivity index (χ1v) is 7.87. The predicted octanol–water partition coefficient (Wildman–Crippen LogP) is 2.49. The highest BCUT2D eigenvalue weighted by Gasteiger charge is 2.34. The van der Waals surface area contributed by atoms with Crippen molar-refractivity contribution in [3.8, 4) is 0 Å². The van der Waals surface area contributed by atoms with Crippen molar-refractivity contribution in [3.05, 3.63) is 30.6 Å². The van der Waals surface area contributed by atoms with Crippen LogP contribution in [0.15, 0.2) is 30.6 Å². The summed E-state index contributed by atoms with van der Waals surface area (Å²) in [5.74, 6) is 0. The highest BCUT2D eigenvalue weighted by molar-refractivity contribution is 6.00. The molecule has 0 saturated carbocycles. The van der Waals surface area contributed by atoms with Gasteiger partial charge in [0.1, 0.15) is 0 Å². The zero-order chi connectivity index (χ0) is 14.4. The van der Waals surface area contributed by atoms with Crippen molar-refractivity contribution < 1.29 is 0 Å². The number of hydrogen-bond donors (Lipinski definition) is 1. The number of anilines is 2. The fourth-order valence-corrected chi connectivity index (χ4v) is 3.97. The van der Waals surface area contributed by atoms with Gasteiger partial charge in [0.25, 0.3) is 0 Å². The summed E-state index contributed by atoms with van der Waals surface area (Å²) in [7, 11) is 0. The predicted molar refractivity (Wildman–Crippen MR) is 87.6 cm³/mol. The smallest absolute Gasteiger partial charge is 0.0466 e. The van der Waals surface area contributed by atoms with Gasteiger partial charge in [0, 0.05) is 59.7 Å². The molecule has 2 aliphatic heterocycles. The summed E-state index contributed by atoms with van der Waals surface area (Å²) in [5.41, 5.74) is 8.24. The lowest BCUT2D eigenvalue weighted by atomic mass is 10.0. The third-order valence-corrected chi connectivity index (χ3v) is 5.08. The lowest BCUT2D eigenvalue weighted by Gasteiger charge is -2.44. The van der Waals surface area contributed by atoms with Crippen molar-refractivity contribution in [1.82, 2.24) is 9.88 Å². The van der Waals surface area contributed by atoms with Crippen LogP contribution in [0, 0.1) is 0 Å². The number of hydrogen-bond acceptors (Lipinski definition) is 4. The molecule has 2 atom stereocenters. The lowest BCUT2D eigenvalue weighted by molar-refractivity contribution is 0.203. The van der Waals surface area contributed by atoms with Crippen molar-refractivity contribution in [3.63, 3.8) is 0 Å². The molecule has 1 aromatic heterocycles. The monoisotopic (exact) mass is 282 g/mol. The molecular formula is C17H22N4. The molecule has 4 rings (SSSR count). The Morgan fingerprint density at radius 1 is 1.19 bits per heavy atom. The Bertz CT molecular complexity index is 669. The number of rotatable bonds is 1. The molecule has 2 fully saturated rings. The minimum Gasteiger partial charge on any atom is -0.398 e. The minimum absolute atomic E-state index is 0.534. The summed E-state index contributed by atoms with van der Waals surface area (Å²) in [6.07, 6.45) is 6.44. The van der Waals surface area contributed by atoms with Gasteiger partial charge in [-0.2, -0.15) is 0 Å². The molecule has 0 amide bonds. The average Bonchev–Trinajstić information content (AvgIpc) is 2.94. The number of nitrogens with zero attached hydrogens (tertiary/aromatic N) is 3. The van der Waals surface area contributed by atoms with Crippen molar-refractivity contribution >= 4 is 22.1 Å². The number of piperazine rings is 1. The van der Waals surface area contributed by atoms with Gasteiger partial charge in [-0.05, 0) is 44.5 Å². The van der Waals surface area contributed by atoms with Crippen LogP contribution < -0.4 is 10.6 Å². The van der Waals surface area contributed by atoms with Crippen LogP contribution >= 0.6 is 0 Å². The van der Waals surface area contributed by atoms with Crippen molar-refractivity contribution in [2.75, 3.05) is 30.3 Å². The molecule has 2 aliphatic rings. The van der Waals surface area contributed by atoms with Gasteiger partial charge in [0.05, 0.1) is 0 Å². The average molecular weight is 282 g/mol. The fourth-order valence-electron chi connectivity index (χ4n) is 3.97. The van der Waals surface area contributed by atoms with Gasteiger partial charge in [-0.25, -0.2) is 0 Å². The molecule has 0 radical (unpaired) electrons. The number of nitrogen functional groups attached to an aromatic ring is 1. The lowest BCUT2D eigenvalue weighted by Crippen LogP contribution is -2.55. The van der Waals surface area contributed by atoms with E-state index in [0.29, 0.717) is 12.1 Å². The van der Waals surface area contributed by atoms with Crippen LogP contribution in [0.2, 0.25) is 0 Å². The van der Waals surface area contributed by atoms with Gasteiger partial charge in [-0.15, -0.1) is 0 Å². The van der Waals surface area contributed by atoms with Crippen LogP contribution in [0.3, 0.4) is 0 Å². The van der Waals surface area contributed by atoms with E-state index in [1.807, 2.05) is 24.5 Å². The molecule has 2 unspecified atom stereocenters. The van der Waals surface area contributed by atoms with E-state index >= 15 is 0 Å². The van der Waals surface area contributed by atoms with Gasteiger partial charge >= 0.3 is 0 Å². The summed E-state index contributed by atoms with van der Waals surface area (Å²) in [5, 5.41) is 2.29. The zero-order valence-electron chi connectivity index (χ0n) is 12.5. The maximum absolute atomic E-state index is 6.12. The quantitative estimate of drug-likeness (QED) is 0.816. The van der Waals surface area contributed by atoms with E-state index < -0.39 is 0 Å². The minimum atomic E-state index is 0.534.